The number of guanidine groups is 1. The molecule has 6 heteroatoms. The van der Waals surface area contributed by atoms with Crippen molar-refractivity contribution in [2.24, 2.45) is 4.99 Å². The monoisotopic (exact) mass is 300 g/mol. The molecule has 116 valence electrons. The summed E-state index contributed by atoms with van der Waals surface area (Å²) in [6.45, 7) is 7.27. The van der Waals surface area contributed by atoms with E-state index in [2.05, 4.69) is 35.7 Å². The van der Waals surface area contributed by atoms with Crippen LogP contribution in [0.5, 0.6) is 0 Å². The van der Waals surface area contributed by atoms with Crippen molar-refractivity contribution in [1.82, 2.24) is 15.5 Å². The Balaban J connectivity index is 2.32. The van der Waals surface area contributed by atoms with Gasteiger partial charge in [0.1, 0.15) is 0 Å². The second kappa shape index (κ2) is 8.39. The second-order valence-corrected chi connectivity index (χ2v) is 7.20. The van der Waals surface area contributed by atoms with Crippen LogP contribution < -0.4 is 10.6 Å². The first-order chi connectivity index (χ1) is 9.48. The Hall–Kier alpha value is -0.910. The van der Waals surface area contributed by atoms with Crippen LogP contribution in [-0.4, -0.2) is 61.0 Å². The predicted molar refractivity (Wildman–Crippen MR) is 87.4 cm³/mol. The van der Waals surface area contributed by atoms with Gasteiger partial charge in [-0.25, -0.2) is 0 Å². The first kappa shape index (κ1) is 17.1. The number of thioether (sulfide) groups is 1. The lowest BCUT2D eigenvalue weighted by molar-refractivity contribution is -0.130. The van der Waals surface area contributed by atoms with E-state index in [-0.39, 0.29) is 10.7 Å². The lowest BCUT2D eigenvalue weighted by Gasteiger charge is -2.27. The maximum atomic E-state index is 12.1. The summed E-state index contributed by atoms with van der Waals surface area (Å²) >= 11 is 1.81. The van der Waals surface area contributed by atoms with Gasteiger partial charge in [0.15, 0.2) is 5.96 Å². The lowest BCUT2D eigenvalue weighted by atomic mass is 10.1. The van der Waals surface area contributed by atoms with Crippen LogP contribution in [0.1, 0.15) is 33.1 Å². The molecule has 0 spiro atoms. The molecule has 0 atom stereocenters. The van der Waals surface area contributed by atoms with Gasteiger partial charge in [-0.3, -0.25) is 9.79 Å². The smallest absolute Gasteiger partial charge is 0.241 e. The predicted octanol–water partition coefficient (Wildman–Crippen LogP) is 1.31. The zero-order chi connectivity index (χ0) is 15.0. The molecule has 5 nitrogen and oxygen atoms in total. The highest BCUT2D eigenvalue weighted by Gasteiger charge is 2.18. The van der Waals surface area contributed by atoms with Crippen LogP contribution in [0, 0.1) is 0 Å². The van der Waals surface area contributed by atoms with Crippen molar-refractivity contribution in [2.75, 3.05) is 39.5 Å². The number of amides is 1. The number of piperidine rings is 1. The highest BCUT2D eigenvalue weighted by atomic mass is 32.2. The minimum Gasteiger partial charge on any atom is -0.355 e. The maximum Gasteiger partial charge on any atom is 0.241 e. The van der Waals surface area contributed by atoms with Gasteiger partial charge in [0.25, 0.3) is 0 Å². The molecule has 0 unspecified atom stereocenters. The molecule has 1 amide bonds. The van der Waals surface area contributed by atoms with Crippen molar-refractivity contribution in [2.45, 2.75) is 37.9 Å². The number of nitrogens with one attached hydrogen (secondary N) is 2. The van der Waals surface area contributed by atoms with E-state index in [4.69, 9.17) is 0 Å². The molecule has 1 saturated heterocycles. The third-order valence-corrected chi connectivity index (χ3v) is 4.82. The number of carbonyl (C=O) groups excluding carboxylic acids is 1. The Morgan fingerprint density at radius 1 is 1.25 bits per heavy atom. The van der Waals surface area contributed by atoms with Gasteiger partial charge < -0.3 is 15.5 Å². The summed E-state index contributed by atoms with van der Waals surface area (Å²) < 4.78 is 0.147. The van der Waals surface area contributed by atoms with Crippen molar-refractivity contribution in [1.29, 1.82) is 0 Å². The second-order valence-electron chi connectivity index (χ2n) is 5.68. The molecule has 0 aromatic carbocycles. The minimum absolute atomic E-state index is 0.147. The van der Waals surface area contributed by atoms with Gasteiger partial charge in [-0.05, 0) is 39.4 Å². The van der Waals surface area contributed by atoms with Crippen LogP contribution in [0.4, 0.5) is 0 Å². The molecule has 1 aliphatic rings. The maximum absolute atomic E-state index is 12.1. The molecule has 0 saturated carbocycles. The van der Waals surface area contributed by atoms with Crippen LogP contribution in [0.25, 0.3) is 0 Å². The Labute approximate surface area is 127 Å². The highest BCUT2D eigenvalue weighted by Crippen LogP contribution is 2.19. The molecule has 1 aliphatic heterocycles. The summed E-state index contributed by atoms with van der Waals surface area (Å²) in [6, 6.07) is 0. The molecule has 0 aromatic rings. The molecular formula is C14H28N4OS. The molecule has 2 N–H and O–H groups in total. The fourth-order valence-electron chi connectivity index (χ4n) is 2.00. The normalized spacial score (nSPS) is 17.0. The van der Waals surface area contributed by atoms with E-state index >= 15 is 0 Å². The van der Waals surface area contributed by atoms with Crippen molar-refractivity contribution in [3.8, 4) is 0 Å². The van der Waals surface area contributed by atoms with Crippen LogP contribution in [-0.2, 0) is 4.79 Å². The van der Waals surface area contributed by atoms with Gasteiger partial charge >= 0.3 is 0 Å². The van der Waals surface area contributed by atoms with Gasteiger partial charge in [-0.1, -0.05) is 0 Å². The van der Waals surface area contributed by atoms with Crippen molar-refractivity contribution in [3.63, 3.8) is 0 Å². The molecule has 0 bridgehead atoms. The van der Waals surface area contributed by atoms with Crippen LogP contribution >= 0.6 is 11.8 Å². The Morgan fingerprint density at radius 3 is 2.45 bits per heavy atom. The molecule has 20 heavy (non-hydrogen) atoms. The number of aliphatic imine (C=N–C) groups is 1. The zero-order valence-electron chi connectivity index (χ0n) is 13.2. The zero-order valence-corrected chi connectivity index (χ0v) is 14.0. The number of hydrogen-bond acceptors (Lipinski definition) is 3. The number of carbonyl (C=O) groups is 1. The molecule has 0 aliphatic carbocycles. The van der Waals surface area contributed by atoms with E-state index in [0.29, 0.717) is 12.5 Å². The van der Waals surface area contributed by atoms with Crippen molar-refractivity contribution in [3.05, 3.63) is 0 Å². The Morgan fingerprint density at radius 2 is 1.90 bits per heavy atom. The molecule has 1 rings (SSSR count). The molecule has 0 radical (unpaired) electrons. The summed E-state index contributed by atoms with van der Waals surface area (Å²) in [5, 5.41) is 6.37. The fourth-order valence-corrected chi connectivity index (χ4v) is 2.22. The van der Waals surface area contributed by atoms with E-state index in [1.54, 1.807) is 18.8 Å². The van der Waals surface area contributed by atoms with Crippen LogP contribution in [0.15, 0.2) is 4.99 Å². The van der Waals surface area contributed by atoms with E-state index in [9.17, 15) is 4.79 Å². The summed E-state index contributed by atoms with van der Waals surface area (Å²) in [5.74, 6) is 0.856. The van der Waals surface area contributed by atoms with Crippen LogP contribution in [0.3, 0.4) is 0 Å². The topological polar surface area (TPSA) is 56.7 Å². The number of nitrogens with zero attached hydrogens (tertiary/aromatic N) is 2. The first-order valence-electron chi connectivity index (χ1n) is 7.26. The average Bonchev–Trinajstić information content (AvgIpc) is 2.48. The molecular weight excluding hydrogens is 272 g/mol. The average molecular weight is 300 g/mol. The van der Waals surface area contributed by atoms with Crippen molar-refractivity contribution >= 4 is 23.6 Å². The van der Waals surface area contributed by atoms with E-state index < -0.39 is 0 Å². The number of likely N-dealkylation sites (tertiary alicyclic amines) is 1. The van der Waals surface area contributed by atoms with Crippen LogP contribution in [0.2, 0.25) is 0 Å². The summed E-state index contributed by atoms with van der Waals surface area (Å²) in [5.41, 5.74) is 0. The van der Waals surface area contributed by atoms with E-state index in [1.807, 2.05) is 4.90 Å². The number of rotatable bonds is 5. The number of hydrogen-bond donors (Lipinski definition) is 2. The van der Waals surface area contributed by atoms with Gasteiger partial charge in [-0.2, -0.15) is 11.8 Å². The minimum atomic E-state index is 0.147. The van der Waals surface area contributed by atoms with Gasteiger partial charge in [0.2, 0.25) is 5.91 Å². The summed E-state index contributed by atoms with van der Waals surface area (Å²) in [4.78, 5) is 18.1. The van der Waals surface area contributed by atoms with E-state index in [1.165, 1.54) is 6.42 Å². The molecule has 1 fully saturated rings. The van der Waals surface area contributed by atoms with Gasteiger partial charge in [0, 0.05) is 31.4 Å². The molecule has 1 heterocycles. The fraction of sp³-hybridized carbons (Fsp3) is 0.857. The standard InChI is InChI=1S/C14H28N4OS/c1-14(2,20-4)11-17-13(15-3)16-10-12(19)18-8-6-5-7-9-18/h5-11H2,1-4H3,(H2,15,16,17). The third-order valence-electron chi connectivity index (χ3n) is 3.57. The van der Waals surface area contributed by atoms with Gasteiger partial charge in [-0.15, -0.1) is 0 Å². The molecule has 0 aromatic heterocycles. The Bertz CT molecular complexity index is 338. The van der Waals surface area contributed by atoms with E-state index in [0.717, 1.165) is 32.5 Å². The first-order valence-corrected chi connectivity index (χ1v) is 8.48. The van der Waals surface area contributed by atoms with Crippen molar-refractivity contribution < 1.29 is 4.79 Å². The third kappa shape index (κ3) is 6.03. The summed E-state index contributed by atoms with van der Waals surface area (Å²) in [7, 11) is 1.73. The quantitative estimate of drug-likeness (QED) is 0.594. The van der Waals surface area contributed by atoms with Gasteiger partial charge in [0.05, 0.1) is 6.54 Å². The largest absolute Gasteiger partial charge is 0.355 e. The lowest BCUT2D eigenvalue weighted by Crippen LogP contribution is -2.48. The SMILES string of the molecule is CN=C(NCC(=O)N1CCCCC1)NCC(C)(C)SC. The highest BCUT2D eigenvalue weighted by molar-refractivity contribution is 7.99. The Kier molecular flexibility index (Phi) is 7.19. The summed E-state index contributed by atoms with van der Waals surface area (Å²) in [6.07, 6.45) is 5.59.